The third-order valence-electron chi connectivity index (χ3n) is 4.68. The molecule has 0 bridgehead atoms. The summed E-state index contributed by atoms with van der Waals surface area (Å²) in [7, 11) is 0. The van der Waals surface area contributed by atoms with Crippen LogP contribution in [0, 0.1) is 5.82 Å². The van der Waals surface area contributed by atoms with Crippen molar-refractivity contribution in [2.75, 3.05) is 0 Å². The van der Waals surface area contributed by atoms with Gasteiger partial charge in [-0.1, -0.05) is 79.7 Å². The van der Waals surface area contributed by atoms with Crippen LogP contribution in [0.4, 0.5) is 4.39 Å². The summed E-state index contributed by atoms with van der Waals surface area (Å²) in [6.45, 7) is 2.21. The Hall–Kier alpha value is -2.41. The van der Waals surface area contributed by atoms with E-state index in [9.17, 15) is 4.39 Å². The lowest BCUT2D eigenvalue weighted by Crippen LogP contribution is -2.29. The molecule has 0 saturated heterocycles. The Morgan fingerprint density at radius 1 is 0.696 bits per heavy atom. The number of benzene rings is 3. The Labute approximate surface area is 137 Å². The van der Waals surface area contributed by atoms with Crippen molar-refractivity contribution in [1.82, 2.24) is 0 Å². The highest BCUT2D eigenvalue weighted by Gasteiger charge is 2.32. The van der Waals surface area contributed by atoms with E-state index in [1.165, 1.54) is 11.1 Å². The maximum atomic E-state index is 13.4. The lowest BCUT2D eigenvalue weighted by molar-refractivity contribution is 0.490. The molecule has 116 valence electrons. The molecule has 1 heteroatoms. The lowest BCUT2D eigenvalue weighted by atomic mass is 9.69. The third kappa shape index (κ3) is 3.19. The minimum Gasteiger partial charge on any atom is -0.207 e. The highest BCUT2D eigenvalue weighted by Crippen LogP contribution is 2.38. The van der Waals surface area contributed by atoms with Gasteiger partial charge in [-0.3, -0.25) is 0 Å². The Kier molecular flexibility index (Phi) is 4.57. The number of halogens is 1. The first-order valence-corrected chi connectivity index (χ1v) is 8.10. The molecule has 0 aliphatic rings. The van der Waals surface area contributed by atoms with Crippen molar-refractivity contribution in [3.05, 3.63) is 107 Å². The van der Waals surface area contributed by atoms with Crippen molar-refractivity contribution in [1.29, 1.82) is 0 Å². The van der Waals surface area contributed by atoms with Crippen LogP contribution in [0.15, 0.2) is 84.9 Å². The summed E-state index contributed by atoms with van der Waals surface area (Å²) in [6.07, 6.45) is 1.86. The summed E-state index contributed by atoms with van der Waals surface area (Å²) in [4.78, 5) is 0. The molecular weight excluding hydrogens is 283 g/mol. The van der Waals surface area contributed by atoms with Crippen molar-refractivity contribution in [3.8, 4) is 0 Å². The van der Waals surface area contributed by atoms with E-state index in [1.54, 1.807) is 12.1 Å². The maximum Gasteiger partial charge on any atom is 0.123 e. The molecule has 1 atom stereocenters. The fraction of sp³-hybridized carbons (Fsp3) is 0.182. The lowest BCUT2D eigenvalue weighted by Gasteiger charge is -2.34. The van der Waals surface area contributed by atoms with Crippen molar-refractivity contribution in [2.45, 2.75) is 25.2 Å². The van der Waals surface area contributed by atoms with Gasteiger partial charge in [0.15, 0.2) is 0 Å². The van der Waals surface area contributed by atoms with E-state index < -0.39 is 0 Å². The first-order chi connectivity index (χ1) is 11.2. The predicted molar refractivity (Wildman–Crippen MR) is 94.1 cm³/mol. The van der Waals surface area contributed by atoms with Crippen LogP contribution in [0.1, 0.15) is 30.0 Å². The highest BCUT2D eigenvalue weighted by atomic mass is 19.1. The van der Waals surface area contributed by atoms with E-state index in [0.717, 1.165) is 18.4 Å². The molecule has 0 aliphatic heterocycles. The van der Waals surface area contributed by atoms with E-state index >= 15 is 0 Å². The van der Waals surface area contributed by atoms with Crippen LogP contribution in [0.3, 0.4) is 0 Å². The fourth-order valence-electron chi connectivity index (χ4n) is 3.37. The third-order valence-corrected chi connectivity index (χ3v) is 4.68. The number of hydrogen-bond acceptors (Lipinski definition) is 0. The van der Waals surface area contributed by atoms with E-state index in [4.69, 9.17) is 0 Å². The molecule has 23 heavy (non-hydrogen) atoms. The van der Waals surface area contributed by atoms with Crippen LogP contribution in [0.25, 0.3) is 0 Å². The topological polar surface area (TPSA) is 0 Å². The molecule has 0 N–H and O–H groups in total. The van der Waals surface area contributed by atoms with Gasteiger partial charge in [-0.15, -0.1) is 0 Å². The molecule has 0 aromatic heterocycles. The van der Waals surface area contributed by atoms with Gasteiger partial charge < -0.3 is 0 Å². The van der Waals surface area contributed by atoms with Gasteiger partial charge in [-0.25, -0.2) is 4.39 Å². The van der Waals surface area contributed by atoms with Crippen LogP contribution in [0.2, 0.25) is 0 Å². The Balaban J connectivity index is 2.13. The zero-order valence-corrected chi connectivity index (χ0v) is 13.4. The SMILES string of the molecule is CCC(Cc1ccccc1)(c1ccccc1)c1ccc(F)cc1. The van der Waals surface area contributed by atoms with E-state index in [0.29, 0.717) is 0 Å². The minimum atomic E-state index is -0.188. The van der Waals surface area contributed by atoms with Gasteiger partial charge in [0, 0.05) is 5.41 Å². The van der Waals surface area contributed by atoms with Gasteiger partial charge >= 0.3 is 0 Å². The van der Waals surface area contributed by atoms with E-state index in [-0.39, 0.29) is 11.2 Å². The number of rotatable bonds is 5. The Bertz CT molecular complexity index is 732. The normalized spacial score (nSPS) is 13.5. The molecule has 0 amide bonds. The smallest absolute Gasteiger partial charge is 0.123 e. The van der Waals surface area contributed by atoms with Crippen molar-refractivity contribution in [2.24, 2.45) is 0 Å². The van der Waals surface area contributed by atoms with Crippen LogP contribution in [0.5, 0.6) is 0 Å². The second kappa shape index (κ2) is 6.78. The maximum absolute atomic E-state index is 13.4. The number of hydrogen-bond donors (Lipinski definition) is 0. The monoisotopic (exact) mass is 304 g/mol. The van der Waals surface area contributed by atoms with Gasteiger partial charge in [0.25, 0.3) is 0 Å². The average molecular weight is 304 g/mol. The summed E-state index contributed by atoms with van der Waals surface area (Å²) in [6, 6.07) is 28.0. The molecule has 0 heterocycles. The summed E-state index contributed by atoms with van der Waals surface area (Å²) in [5.74, 6) is -0.188. The van der Waals surface area contributed by atoms with Gasteiger partial charge in [0.2, 0.25) is 0 Å². The molecule has 1 unspecified atom stereocenters. The molecule has 0 nitrogen and oxygen atoms in total. The van der Waals surface area contributed by atoms with Crippen molar-refractivity contribution >= 4 is 0 Å². The molecule has 0 radical (unpaired) electrons. The molecule has 3 aromatic carbocycles. The summed E-state index contributed by atoms with van der Waals surface area (Å²) in [5.41, 5.74) is 3.59. The molecule has 0 saturated carbocycles. The first kappa shape index (κ1) is 15.5. The van der Waals surface area contributed by atoms with Crippen LogP contribution in [-0.2, 0) is 11.8 Å². The zero-order chi connectivity index (χ0) is 16.1. The second-order valence-corrected chi connectivity index (χ2v) is 5.97. The first-order valence-electron chi connectivity index (χ1n) is 8.10. The molecular formula is C22H21F. The summed E-state index contributed by atoms with van der Waals surface area (Å²) >= 11 is 0. The van der Waals surface area contributed by atoms with Crippen molar-refractivity contribution in [3.63, 3.8) is 0 Å². The van der Waals surface area contributed by atoms with Gasteiger partial charge in [-0.2, -0.15) is 0 Å². The Morgan fingerprint density at radius 2 is 1.22 bits per heavy atom. The fourth-order valence-corrected chi connectivity index (χ4v) is 3.37. The largest absolute Gasteiger partial charge is 0.207 e. The highest BCUT2D eigenvalue weighted by molar-refractivity contribution is 5.41. The van der Waals surface area contributed by atoms with E-state index in [2.05, 4.69) is 55.5 Å². The molecule has 0 aliphatic carbocycles. The van der Waals surface area contributed by atoms with Crippen LogP contribution < -0.4 is 0 Å². The van der Waals surface area contributed by atoms with Gasteiger partial charge in [-0.05, 0) is 41.7 Å². The molecule has 0 fully saturated rings. The summed E-state index contributed by atoms with van der Waals surface area (Å²) in [5, 5.41) is 0. The predicted octanol–water partition coefficient (Wildman–Crippen LogP) is 5.76. The van der Waals surface area contributed by atoms with Crippen molar-refractivity contribution < 1.29 is 4.39 Å². The van der Waals surface area contributed by atoms with E-state index in [1.807, 2.05) is 24.3 Å². The molecule has 3 rings (SSSR count). The minimum absolute atomic E-state index is 0.143. The van der Waals surface area contributed by atoms with Gasteiger partial charge in [0.1, 0.15) is 5.82 Å². The molecule has 3 aromatic rings. The zero-order valence-electron chi connectivity index (χ0n) is 13.4. The van der Waals surface area contributed by atoms with Crippen LogP contribution in [-0.4, -0.2) is 0 Å². The summed E-state index contributed by atoms with van der Waals surface area (Å²) < 4.78 is 13.4. The average Bonchev–Trinajstić information content (AvgIpc) is 2.62. The molecule has 0 spiro atoms. The van der Waals surface area contributed by atoms with Gasteiger partial charge in [0.05, 0.1) is 0 Å². The van der Waals surface area contributed by atoms with Crippen LogP contribution >= 0.6 is 0 Å². The standard InChI is InChI=1S/C22H21F/c1-2-22(19-11-7-4-8-12-19,17-18-9-5-3-6-10-18)20-13-15-21(23)16-14-20/h3-16H,2,17H2,1H3. The Morgan fingerprint density at radius 3 is 1.78 bits per heavy atom. The quantitative estimate of drug-likeness (QED) is 0.562. The second-order valence-electron chi connectivity index (χ2n) is 5.97.